The molecule has 0 saturated heterocycles. The fraction of sp³-hybridized carbons (Fsp3) is 0.375. The second-order valence-electron chi connectivity index (χ2n) is 5.23. The van der Waals surface area contributed by atoms with Gasteiger partial charge in [0.15, 0.2) is 0 Å². The Balaban J connectivity index is 2.40. The highest BCUT2D eigenvalue weighted by molar-refractivity contribution is 7.15. The molecule has 1 unspecified atom stereocenters. The zero-order valence-corrected chi connectivity index (χ0v) is 13.0. The molecule has 2 rings (SSSR count). The molecule has 0 aliphatic carbocycles. The van der Waals surface area contributed by atoms with E-state index in [-0.39, 0.29) is 11.6 Å². The van der Waals surface area contributed by atoms with Gasteiger partial charge >= 0.3 is 0 Å². The van der Waals surface area contributed by atoms with E-state index in [2.05, 4.69) is 19.2 Å². The lowest BCUT2D eigenvalue weighted by Crippen LogP contribution is -2.24. The zero-order valence-electron chi connectivity index (χ0n) is 12.2. The Bertz CT molecular complexity index is 599. The van der Waals surface area contributed by atoms with E-state index < -0.39 is 17.5 Å². The van der Waals surface area contributed by atoms with Crippen LogP contribution in [0.5, 0.6) is 0 Å². The van der Waals surface area contributed by atoms with Crippen LogP contribution in [0.1, 0.15) is 31.7 Å². The average Bonchev–Trinajstić information content (AvgIpc) is 2.83. The van der Waals surface area contributed by atoms with Crippen LogP contribution in [0.4, 0.5) is 13.2 Å². The summed E-state index contributed by atoms with van der Waals surface area (Å²) < 4.78 is 40.6. The van der Waals surface area contributed by atoms with Crippen molar-refractivity contribution in [1.29, 1.82) is 0 Å². The van der Waals surface area contributed by atoms with Gasteiger partial charge in [0.05, 0.1) is 5.56 Å². The molecule has 0 aliphatic rings. The van der Waals surface area contributed by atoms with E-state index >= 15 is 0 Å². The summed E-state index contributed by atoms with van der Waals surface area (Å²) in [4.78, 5) is 1.49. The van der Waals surface area contributed by atoms with E-state index in [0.717, 1.165) is 11.4 Å². The SMILES string of the molecule is CCNC(c1ccc(-c2c(F)cc(F)cc2F)s1)C(C)C. The molecule has 2 aromatic rings. The van der Waals surface area contributed by atoms with Crippen molar-refractivity contribution in [2.75, 3.05) is 6.54 Å². The molecule has 0 bridgehead atoms. The Morgan fingerprint density at radius 1 is 1.10 bits per heavy atom. The van der Waals surface area contributed by atoms with E-state index in [0.29, 0.717) is 22.9 Å². The predicted molar refractivity (Wildman–Crippen MR) is 80.9 cm³/mol. The summed E-state index contributed by atoms with van der Waals surface area (Å²) in [5.74, 6) is -2.28. The Kier molecular flexibility index (Phi) is 5.06. The highest BCUT2D eigenvalue weighted by Gasteiger charge is 2.20. The molecular formula is C16H18F3NS. The first-order chi connectivity index (χ1) is 9.93. The van der Waals surface area contributed by atoms with Gasteiger partial charge in [0.2, 0.25) is 0 Å². The van der Waals surface area contributed by atoms with Crippen LogP contribution in [-0.2, 0) is 0 Å². The van der Waals surface area contributed by atoms with Crippen LogP contribution in [0.3, 0.4) is 0 Å². The van der Waals surface area contributed by atoms with Crippen molar-refractivity contribution in [3.8, 4) is 10.4 Å². The van der Waals surface area contributed by atoms with Crippen molar-refractivity contribution in [2.45, 2.75) is 26.8 Å². The van der Waals surface area contributed by atoms with Gasteiger partial charge in [-0.1, -0.05) is 20.8 Å². The van der Waals surface area contributed by atoms with E-state index in [4.69, 9.17) is 0 Å². The second kappa shape index (κ2) is 6.62. The minimum Gasteiger partial charge on any atom is -0.309 e. The molecule has 1 atom stereocenters. The Hall–Kier alpha value is -1.33. The smallest absolute Gasteiger partial charge is 0.137 e. The third-order valence-corrected chi connectivity index (χ3v) is 4.46. The van der Waals surface area contributed by atoms with Crippen LogP contribution in [0.2, 0.25) is 0 Å². The summed E-state index contributed by atoms with van der Waals surface area (Å²) in [7, 11) is 0. The van der Waals surface area contributed by atoms with Crippen molar-refractivity contribution in [1.82, 2.24) is 5.32 Å². The van der Waals surface area contributed by atoms with Crippen LogP contribution in [0.25, 0.3) is 10.4 Å². The number of hydrogen-bond acceptors (Lipinski definition) is 2. The molecule has 1 heterocycles. The molecule has 0 spiro atoms. The fourth-order valence-corrected chi connectivity index (χ4v) is 3.62. The predicted octanol–water partition coefficient (Wildman–Crippen LogP) is 5.14. The molecule has 0 amide bonds. The van der Waals surface area contributed by atoms with Crippen LogP contribution in [0.15, 0.2) is 24.3 Å². The van der Waals surface area contributed by atoms with Gasteiger partial charge in [0, 0.05) is 27.9 Å². The molecule has 5 heteroatoms. The van der Waals surface area contributed by atoms with Crippen molar-refractivity contribution < 1.29 is 13.2 Å². The van der Waals surface area contributed by atoms with Crippen LogP contribution in [0, 0.1) is 23.4 Å². The van der Waals surface area contributed by atoms with Crippen molar-refractivity contribution in [3.05, 3.63) is 46.6 Å². The van der Waals surface area contributed by atoms with E-state index in [1.54, 1.807) is 6.07 Å². The standard InChI is InChI=1S/C16H18F3NS/c1-4-20-16(9(2)3)14-6-5-13(21-14)15-11(18)7-10(17)8-12(15)19/h5-9,16,20H,4H2,1-3H3. The first-order valence-corrected chi connectivity index (χ1v) is 7.73. The molecule has 0 saturated carbocycles. The van der Waals surface area contributed by atoms with Gasteiger partial charge in [-0.05, 0) is 24.6 Å². The third kappa shape index (κ3) is 3.47. The van der Waals surface area contributed by atoms with Crippen molar-refractivity contribution in [3.63, 3.8) is 0 Å². The second-order valence-corrected chi connectivity index (χ2v) is 6.34. The minimum atomic E-state index is -0.904. The normalized spacial score (nSPS) is 12.9. The fourth-order valence-electron chi connectivity index (χ4n) is 2.32. The molecule has 0 fully saturated rings. The van der Waals surface area contributed by atoms with E-state index in [9.17, 15) is 13.2 Å². The molecule has 1 aromatic heterocycles. The topological polar surface area (TPSA) is 12.0 Å². The maximum atomic E-state index is 13.8. The minimum absolute atomic E-state index is 0.139. The summed E-state index contributed by atoms with van der Waals surface area (Å²) in [6.45, 7) is 7.01. The number of rotatable bonds is 5. The largest absolute Gasteiger partial charge is 0.309 e. The molecule has 1 aromatic carbocycles. The van der Waals surface area contributed by atoms with Gasteiger partial charge < -0.3 is 5.32 Å². The number of halogens is 3. The van der Waals surface area contributed by atoms with Gasteiger partial charge in [-0.3, -0.25) is 0 Å². The van der Waals surface area contributed by atoms with Gasteiger partial charge in [-0.25, -0.2) is 13.2 Å². The molecule has 1 nitrogen and oxygen atoms in total. The van der Waals surface area contributed by atoms with Crippen LogP contribution >= 0.6 is 11.3 Å². The zero-order chi connectivity index (χ0) is 15.6. The first kappa shape index (κ1) is 16.0. The lowest BCUT2D eigenvalue weighted by Gasteiger charge is -2.20. The Morgan fingerprint density at radius 3 is 2.24 bits per heavy atom. The van der Waals surface area contributed by atoms with E-state index in [1.807, 2.05) is 13.0 Å². The lowest BCUT2D eigenvalue weighted by molar-refractivity contribution is 0.428. The quantitative estimate of drug-likeness (QED) is 0.806. The van der Waals surface area contributed by atoms with Gasteiger partial charge in [-0.2, -0.15) is 0 Å². The monoisotopic (exact) mass is 313 g/mol. The average molecular weight is 313 g/mol. The molecule has 0 aliphatic heterocycles. The Morgan fingerprint density at radius 2 is 1.71 bits per heavy atom. The molecule has 21 heavy (non-hydrogen) atoms. The number of nitrogens with one attached hydrogen (secondary N) is 1. The van der Waals surface area contributed by atoms with Crippen LogP contribution in [-0.4, -0.2) is 6.54 Å². The van der Waals surface area contributed by atoms with Crippen molar-refractivity contribution in [2.24, 2.45) is 5.92 Å². The maximum Gasteiger partial charge on any atom is 0.137 e. The number of benzene rings is 1. The van der Waals surface area contributed by atoms with Gasteiger partial charge in [-0.15, -0.1) is 11.3 Å². The van der Waals surface area contributed by atoms with E-state index in [1.165, 1.54) is 11.3 Å². The maximum absolute atomic E-state index is 13.8. The summed E-state index contributed by atoms with van der Waals surface area (Å²) in [5.41, 5.74) is -0.161. The highest BCUT2D eigenvalue weighted by Crippen LogP contribution is 2.36. The highest BCUT2D eigenvalue weighted by atomic mass is 32.1. The number of hydrogen-bond donors (Lipinski definition) is 1. The summed E-state index contributed by atoms with van der Waals surface area (Å²) in [6.07, 6.45) is 0. The molecule has 1 N–H and O–H groups in total. The third-order valence-electron chi connectivity index (χ3n) is 3.28. The van der Waals surface area contributed by atoms with Crippen molar-refractivity contribution >= 4 is 11.3 Å². The molecule has 0 radical (unpaired) electrons. The lowest BCUT2D eigenvalue weighted by atomic mass is 10.0. The summed E-state index contributed by atoms with van der Waals surface area (Å²) >= 11 is 1.33. The van der Waals surface area contributed by atoms with Gasteiger partial charge in [0.1, 0.15) is 17.5 Å². The van der Waals surface area contributed by atoms with Crippen LogP contribution < -0.4 is 5.32 Å². The first-order valence-electron chi connectivity index (χ1n) is 6.92. The molecular weight excluding hydrogens is 295 g/mol. The van der Waals surface area contributed by atoms with Gasteiger partial charge in [0.25, 0.3) is 0 Å². The molecule has 114 valence electrons. The summed E-state index contributed by atoms with van der Waals surface area (Å²) in [5, 5.41) is 3.36. The Labute approximate surface area is 126 Å². The number of thiophene rings is 1. The summed E-state index contributed by atoms with van der Waals surface area (Å²) in [6, 6.07) is 5.12.